The number of nitrogens with one attached hydrogen (secondary N) is 1. The highest BCUT2D eigenvalue weighted by Gasteiger charge is 2.11. The fourth-order valence-corrected chi connectivity index (χ4v) is 2.15. The van der Waals surface area contributed by atoms with Crippen molar-refractivity contribution in [3.8, 4) is 0 Å². The summed E-state index contributed by atoms with van der Waals surface area (Å²) in [5.41, 5.74) is 7.80. The van der Waals surface area contributed by atoms with Gasteiger partial charge in [0.05, 0.1) is 23.3 Å². The molecule has 3 rings (SSSR count). The maximum absolute atomic E-state index is 12.4. The Labute approximate surface area is 121 Å². The number of para-hydroxylation sites is 1. The SMILES string of the molecule is Nc1cc(C(=O)NCc2ccccn2)c2ccccc2n1. The molecular weight excluding hydrogens is 264 g/mol. The Balaban J connectivity index is 1.88. The molecule has 0 bridgehead atoms. The summed E-state index contributed by atoms with van der Waals surface area (Å²) in [6, 6.07) is 14.6. The molecule has 0 radical (unpaired) electrons. The minimum absolute atomic E-state index is 0.189. The summed E-state index contributed by atoms with van der Waals surface area (Å²) in [6.07, 6.45) is 1.70. The van der Waals surface area contributed by atoms with Crippen LogP contribution in [0.3, 0.4) is 0 Å². The van der Waals surface area contributed by atoms with Gasteiger partial charge in [-0.3, -0.25) is 9.78 Å². The lowest BCUT2D eigenvalue weighted by molar-refractivity contribution is 0.0952. The molecule has 21 heavy (non-hydrogen) atoms. The van der Waals surface area contributed by atoms with Gasteiger partial charge in [-0.15, -0.1) is 0 Å². The van der Waals surface area contributed by atoms with Gasteiger partial charge in [-0.25, -0.2) is 4.98 Å². The minimum Gasteiger partial charge on any atom is -0.384 e. The number of nitrogens with two attached hydrogens (primary N) is 1. The zero-order chi connectivity index (χ0) is 14.7. The van der Waals surface area contributed by atoms with Crippen molar-refractivity contribution in [3.63, 3.8) is 0 Å². The molecule has 0 unspecified atom stereocenters. The highest BCUT2D eigenvalue weighted by Crippen LogP contribution is 2.19. The summed E-state index contributed by atoms with van der Waals surface area (Å²) >= 11 is 0. The number of carbonyl (C=O) groups excluding carboxylic acids is 1. The van der Waals surface area contributed by atoms with Gasteiger partial charge in [0.1, 0.15) is 5.82 Å². The van der Waals surface area contributed by atoms with Gasteiger partial charge in [0.15, 0.2) is 0 Å². The zero-order valence-corrected chi connectivity index (χ0v) is 11.3. The molecule has 2 heterocycles. The number of pyridine rings is 2. The fraction of sp³-hybridized carbons (Fsp3) is 0.0625. The molecule has 3 N–H and O–H groups in total. The number of hydrogen-bond donors (Lipinski definition) is 2. The Bertz CT molecular complexity index is 787. The number of hydrogen-bond acceptors (Lipinski definition) is 4. The van der Waals surface area contributed by atoms with Crippen LogP contribution in [0.5, 0.6) is 0 Å². The summed E-state index contributed by atoms with van der Waals surface area (Å²) in [5.74, 6) is 0.141. The van der Waals surface area contributed by atoms with E-state index in [1.165, 1.54) is 0 Å². The molecule has 1 amide bonds. The topological polar surface area (TPSA) is 80.9 Å². The highest BCUT2D eigenvalue weighted by atomic mass is 16.1. The van der Waals surface area contributed by atoms with Crippen molar-refractivity contribution < 1.29 is 4.79 Å². The van der Waals surface area contributed by atoms with E-state index in [4.69, 9.17) is 5.73 Å². The Morgan fingerprint density at radius 3 is 2.76 bits per heavy atom. The van der Waals surface area contributed by atoms with E-state index >= 15 is 0 Å². The Morgan fingerprint density at radius 1 is 1.14 bits per heavy atom. The first-order chi connectivity index (χ1) is 10.2. The van der Waals surface area contributed by atoms with E-state index in [2.05, 4.69) is 15.3 Å². The van der Waals surface area contributed by atoms with Crippen molar-refractivity contribution in [2.75, 3.05) is 5.73 Å². The first-order valence-corrected chi connectivity index (χ1v) is 6.57. The first kappa shape index (κ1) is 13.1. The number of nitrogens with zero attached hydrogens (tertiary/aromatic N) is 2. The third-order valence-electron chi connectivity index (χ3n) is 3.14. The van der Waals surface area contributed by atoms with Gasteiger partial charge < -0.3 is 11.1 Å². The molecule has 0 spiro atoms. The van der Waals surface area contributed by atoms with Crippen LogP contribution in [0.25, 0.3) is 10.9 Å². The van der Waals surface area contributed by atoms with Gasteiger partial charge in [0, 0.05) is 11.6 Å². The number of amides is 1. The first-order valence-electron chi connectivity index (χ1n) is 6.57. The second kappa shape index (κ2) is 5.58. The highest BCUT2D eigenvalue weighted by molar-refractivity contribution is 6.06. The molecular formula is C16H14N4O. The number of fused-ring (bicyclic) bond motifs is 1. The van der Waals surface area contributed by atoms with Gasteiger partial charge in [0.2, 0.25) is 0 Å². The second-order valence-electron chi connectivity index (χ2n) is 4.62. The van der Waals surface area contributed by atoms with Crippen molar-refractivity contribution in [1.29, 1.82) is 0 Å². The Kier molecular flexibility index (Phi) is 3.47. The average Bonchev–Trinajstić information content (AvgIpc) is 2.52. The van der Waals surface area contributed by atoms with E-state index in [0.717, 1.165) is 11.1 Å². The second-order valence-corrected chi connectivity index (χ2v) is 4.62. The number of benzene rings is 1. The largest absolute Gasteiger partial charge is 0.384 e. The molecule has 0 aliphatic carbocycles. The van der Waals surface area contributed by atoms with Crippen LogP contribution in [-0.4, -0.2) is 15.9 Å². The van der Waals surface area contributed by atoms with Crippen molar-refractivity contribution in [1.82, 2.24) is 15.3 Å². The molecule has 0 fully saturated rings. The van der Waals surface area contributed by atoms with Crippen LogP contribution in [0.15, 0.2) is 54.7 Å². The standard InChI is InChI=1S/C16H14N4O/c17-15-9-13(12-6-1-2-7-14(12)20-15)16(21)19-10-11-5-3-4-8-18-11/h1-9H,10H2,(H2,17,20)(H,19,21). The van der Waals surface area contributed by atoms with Crippen molar-refractivity contribution in [2.24, 2.45) is 0 Å². The van der Waals surface area contributed by atoms with Crippen LogP contribution in [-0.2, 0) is 6.54 Å². The molecule has 3 aromatic rings. The van der Waals surface area contributed by atoms with E-state index in [1.54, 1.807) is 12.3 Å². The third-order valence-corrected chi connectivity index (χ3v) is 3.14. The summed E-state index contributed by atoms with van der Waals surface area (Å²) in [7, 11) is 0. The quantitative estimate of drug-likeness (QED) is 0.769. The molecule has 5 heteroatoms. The molecule has 0 saturated heterocycles. The summed E-state index contributed by atoms with van der Waals surface area (Å²) in [6.45, 7) is 0.371. The van der Waals surface area contributed by atoms with Crippen LogP contribution in [0.4, 0.5) is 5.82 Å². The van der Waals surface area contributed by atoms with E-state index in [1.807, 2.05) is 42.5 Å². The van der Waals surface area contributed by atoms with Crippen LogP contribution in [0.1, 0.15) is 16.1 Å². The lowest BCUT2D eigenvalue weighted by Crippen LogP contribution is -2.23. The maximum Gasteiger partial charge on any atom is 0.252 e. The van der Waals surface area contributed by atoms with Gasteiger partial charge in [-0.05, 0) is 24.3 Å². The molecule has 0 saturated carbocycles. The molecule has 104 valence electrons. The number of nitrogen functional groups attached to an aromatic ring is 1. The molecule has 2 aromatic heterocycles. The van der Waals surface area contributed by atoms with Gasteiger partial charge in [-0.1, -0.05) is 24.3 Å². The third kappa shape index (κ3) is 2.81. The summed E-state index contributed by atoms with van der Waals surface area (Å²) < 4.78 is 0. The van der Waals surface area contributed by atoms with E-state index in [-0.39, 0.29) is 5.91 Å². The average molecular weight is 278 g/mol. The van der Waals surface area contributed by atoms with E-state index in [9.17, 15) is 4.79 Å². The van der Waals surface area contributed by atoms with Crippen LogP contribution in [0, 0.1) is 0 Å². The number of aromatic nitrogens is 2. The van der Waals surface area contributed by atoms with Crippen LogP contribution in [0.2, 0.25) is 0 Å². The van der Waals surface area contributed by atoms with Crippen molar-refractivity contribution in [3.05, 3.63) is 66.0 Å². The molecule has 0 aliphatic heterocycles. The van der Waals surface area contributed by atoms with Crippen molar-refractivity contribution >= 4 is 22.6 Å². The smallest absolute Gasteiger partial charge is 0.252 e. The van der Waals surface area contributed by atoms with E-state index < -0.39 is 0 Å². The van der Waals surface area contributed by atoms with Crippen molar-refractivity contribution in [2.45, 2.75) is 6.54 Å². The van der Waals surface area contributed by atoms with Crippen LogP contribution < -0.4 is 11.1 Å². The number of anilines is 1. The molecule has 0 atom stereocenters. The maximum atomic E-state index is 12.4. The summed E-state index contributed by atoms with van der Waals surface area (Å²) in [5, 5.41) is 3.63. The van der Waals surface area contributed by atoms with Gasteiger partial charge in [0.25, 0.3) is 5.91 Å². The Hall–Kier alpha value is -2.95. The van der Waals surface area contributed by atoms with Crippen LogP contribution >= 0.6 is 0 Å². The van der Waals surface area contributed by atoms with Gasteiger partial charge in [-0.2, -0.15) is 0 Å². The molecule has 1 aromatic carbocycles. The normalized spacial score (nSPS) is 10.5. The monoisotopic (exact) mass is 278 g/mol. The predicted molar refractivity (Wildman–Crippen MR) is 81.6 cm³/mol. The van der Waals surface area contributed by atoms with Gasteiger partial charge >= 0.3 is 0 Å². The number of rotatable bonds is 3. The minimum atomic E-state index is -0.189. The van der Waals surface area contributed by atoms with E-state index in [0.29, 0.717) is 23.4 Å². The molecule has 0 aliphatic rings. The zero-order valence-electron chi connectivity index (χ0n) is 11.3. The fourth-order valence-electron chi connectivity index (χ4n) is 2.15. The Morgan fingerprint density at radius 2 is 1.95 bits per heavy atom. The lowest BCUT2D eigenvalue weighted by atomic mass is 10.1. The summed E-state index contributed by atoms with van der Waals surface area (Å²) in [4.78, 5) is 20.8. The molecule has 5 nitrogen and oxygen atoms in total. The lowest BCUT2D eigenvalue weighted by Gasteiger charge is -2.08. The predicted octanol–water partition coefficient (Wildman–Crippen LogP) is 2.14. The number of carbonyl (C=O) groups is 1.